The molecule has 1 fully saturated rings. The number of piperidine rings is 1. The van der Waals surface area contributed by atoms with Gasteiger partial charge in [-0.15, -0.1) is 4.91 Å². The molecule has 0 saturated carbocycles. The smallest absolute Gasteiger partial charge is 0.317 e. The molecule has 1 aliphatic rings. The van der Waals surface area contributed by atoms with Gasteiger partial charge in [-0.1, -0.05) is 19.1 Å². The first-order chi connectivity index (χ1) is 10.5. The Morgan fingerprint density at radius 1 is 1.32 bits per heavy atom. The molecular formula is C15H20N2O4S. The average molecular weight is 324 g/mol. The van der Waals surface area contributed by atoms with E-state index in [0.717, 1.165) is 31.5 Å². The summed E-state index contributed by atoms with van der Waals surface area (Å²) in [5.74, 6) is -0.113. The van der Waals surface area contributed by atoms with Crippen molar-refractivity contribution in [3.63, 3.8) is 0 Å². The largest absolute Gasteiger partial charge is 0.317 e. The Hall–Kier alpha value is -1.60. The van der Waals surface area contributed by atoms with Crippen LogP contribution in [0, 0.1) is 4.91 Å². The molecule has 1 heterocycles. The minimum Gasteiger partial charge on any atom is -0.317 e. The van der Waals surface area contributed by atoms with E-state index in [1.54, 1.807) is 12.1 Å². The van der Waals surface area contributed by atoms with Gasteiger partial charge < -0.3 is 5.32 Å². The molecule has 0 spiro atoms. The third-order valence-electron chi connectivity index (χ3n) is 3.97. The Bertz CT molecular complexity index is 664. The van der Waals surface area contributed by atoms with Crippen molar-refractivity contribution in [2.75, 3.05) is 13.1 Å². The molecule has 1 saturated heterocycles. The normalized spacial score (nSPS) is 16.4. The molecule has 1 aromatic rings. The van der Waals surface area contributed by atoms with Crippen LogP contribution in [-0.2, 0) is 10.0 Å². The van der Waals surface area contributed by atoms with Gasteiger partial charge in [0, 0.05) is 12.0 Å². The van der Waals surface area contributed by atoms with Crippen LogP contribution in [0.4, 0.5) is 0 Å². The fourth-order valence-corrected chi connectivity index (χ4v) is 3.75. The number of nitroso groups, excluding NO2 is 1. The molecule has 1 N–H and O–H groups in total. The highest BCUT2D eigenvalue weighted by molar-refractivity contribution is 7.90. The van der Waals surface area contributed by atoms with Crippen molar-refractivity contribution in [2.45, 2.75) is 43.4 Å². The maximum absolute atomic E-state index is 12.5. The molecule has 0 radical (unpaired) electrons. The molecule has 0 unspecified atom stereocenters. The van der Waals surface area contributed by atoms with E-state index in [2.05, 4.69) is 9.90 Å². The topological polar surface area (TPSA) is 92.7 Å². The molecule has 120 valence electrons. The highest BCUT2D eigenvalue weighted by Gasteiger charge is 2.28. The number of nitrogens with zero attached hydrogens (tertiary/aromatic N) is 1. The Morgan fingerprint density at radius 3 is 2.59 bits per heavy atom. The number of ketones is 1. The van der Waals surface area contributed by atoms with E-state index in [-0.39, 0.29) is 28.6 Å². The second-order valence-electron chi connectivity index (χ2n) is 5.47. The van der Waals surface area contributed by atoms with Gasteiger partial charge in [0.25, 0.3) is 0 Å². The SMILES string of the molecule is CCCC(=O)c1c(C2CCNCC2)cccc1S(=O)(=O)N=O. The van der Waals surface area contributed by atoms with E-state index in [9.17, 15) is 18.1 Å². The van der Waals surface area contributed by atoms with Crippen molar-refractivity contribution in [2.24, 2.45) is 4.58 Å². The van der Waals surface area contributed by atoms with Crippen molar-refractivity contribution in [3.8, 4) is 0 Å². The number of nitrogens with one attached hydrogen (secondary N) is 1. The molecule has 2 rings (SSSR count). The van der Waals surface area contributed by atoms with E-state index < -0.39 is 10.0 Å². The number of rotatable bonds is 6. The van der Waals surface area contributed by atoms with Gasteiger partial charge in [-0.3, -0.25) is 4.79 Å². The van der Waals surface area contributed by atoms with Gasteiger partial charge in [-0.25, -0.2) is 0 Å². The minimum absolute atomic E-state index is 0.124. The van der Waals surface area contributed by atoms with Gasteiger partial charge in [0.2, 0.25) is 0 Å². The highest BCUT2D eigenvalue weighted by atomic mass is 32.2. The van der Waals surface area contributed by atoms with Crippen molar-refractivity contribution in [3.05, 3.63) is 34.2 Å². The number of carbonyl (C=O) groups is 1. The highest BCUT2D eigenvalue weighted by Crippen LogP contribution is 2.33. The predicted molar refractivity (Wildman–Crippen MR) is 83.5 cm³/mol. The van der Waals surface area contributed by atoms with Crippen LogP contribution in [-0.4, -0.2) is 27.3 Å². The molecule has 0 amide bonds. The summed E-state index contributed by atoms with van der Waals surface area (Å²) in [6.07, 6.45) is 2.55. The van der Waals surface area contributed by atoms with Crippen molar-refractivity contribution in [1.82, 2.24) is 5.32 Å². The van der Waals surface area contributed by atoms with Gasteiger partial charge in [0.15, 0.2) is 5.78 Å². The third-order valence-corrected chi connectivity index (χ3v) is 5.06. The maximum Gasteiger partial charge on any atom is 0.317 e. The third kappa shape index (κ3) is 3.41. The second kappa shape index (κ2) is 7.11. The molecule has 0 bridgehead atoms. The number of hydrogen-bond acceptors (Lipinski definition) is 5. The lowest BCUT2D eigenvalue weighted by Crippen LogP contribution is -2.27. The summed E-state index contributed by atoms with van der Waals surface area (Å²) in [4.78, 5) is 22.9. The quantitative estimate of drug-likeness (QED) is 0.641. The second-order valence-corrected chi connectivity index (χ2v) is 7.01. The van der Waals surface area contributed by atoms with E-state index >= 15 is 0 Å². The fourth-order valence-electron chi connectivity index (χ4n) is 2.93. The summed E-state index contributed by atoms with van der Waals surface area (Å²) in [6.45, 7) is 3.52. The number of Topliss-reactive ketones (excluding diaryl/α,β-unsaturated/α-hetero) is 1. The van der Waals surface area contributed by atoms with Crippen LogP contribution < -0.4 is 5.32 Å². The number of benzene rings is 1. The van der Waals surface area contributed by atoms with Gasteiger partial charge >= 0.3 is 10.0 Å². The van der Waals surface area contributed by atoms with Gasteiger partial charge in [0.05, 0.1) is 4.58 Å². The molecule has 0 aliphatic carbocycles. The Labute approximate surface area is 130 Å². The molecule has 22 heavy (non-hydrogen) atoms. The van der Waals surface area contributed by atoms with Crippen molar-refractivity contribution >= 4 is 15.8 Å². The Kier molecular flexibility index (Phi) is 5.42. The van der Waals surface area contributed by atoms with E-state index in [4.69, 9.17) is 0 Å². The van der Waals surface area contributed by atoms with Crippen LogP contribution in [0.5, 0.6) is 0 Å². The molecule has 0 aromatic heterocycles. The average Bonchev–Trinajstić information content (AvgIpc) is 2.55. The van der Waals surface area contributed by atoms with Crippen molar-refractivity contribution < 1.29 is 13.2 Å². The Morgan fingerprint density at radius 2 is 2.00 bits per heavy atom. The van der Waals surface area contributed by atoms with E-state index in [1.807, 2.05) is 6.92 Å². The van der Waals surface area contributed by atoms with Crippen LogP contribution in [0.1, 0.15) is 54.4 Å². The lowest BCUT2D eigenvalue weighted by Gasteiger charge is -2.25. The Balaban J connectivity index is 2.60. The molecule has 7 heteroatoms. The molecule has 1 aromatic carbocycles. The fraction of sp³-hybridized carbons (Fsp3) is 0.533. The number of carbonyl (C=O) groups excluding carboxylic acids is 1. The molecular weight excluding hydrogens is 304 g/mol. The first-order valence-electron chi connectivity index (χ1n) is 7.47. The van der Waals surface area contributed by atoms with E-state index in [0.29, 0.717) is 6.42 Å². The zero-order valence-corrected chi connectivity index (χ0v) is 13.4. The lowest BCUT2D eigenvalue weighted by molar-refractivity contribution is 0.0976. The van der Waals surface area contributed by atoms with Crippen LogP contribution in [0.25, 0.3) is 0 Å². The first-order valence-corrected chi connectivity index (χ1v) is 8.91. The van der Waals surface area contributed by atoms with Gasteiger partial charge in [-0.2, -0.15) is 8.42 Å². The van der Waals surface area contributed by atoms with Crippen LogP contribution in [0.3, 0.4) is 0 Å². The molecule has 1 aliphatic heterocycles. The summed E-state index contributed by atoms with van der Waals surface area (Å²) in [7, 11) is -4.32. The summed E-state index contributed by atoms with van der Waals surface area (Å²) < 4.78 is 26.1. The first kappa shape index (κ1) is 16.8. The summed E-state index contributed by atoms with van der Waals surface area (Å²) in [6, 6.07) is 4.67. The maximum atomic E-state index is 12.5. The summed E-state index contributed by atoms with van der Waals surface area (Å²) >= 11 is 0. The van der Waals surface area contributed by atoms with Gasteiger partial charge in [0.1, 0.15) is 4.90 Å². The summed E-state index contributed by atoms with van der Waals surface area (Å²) in [5, 5.41) is 3.24. The standard InChI is InChI=1S/C15H20N2O4S/c1-2-4-13(18)15-12(11-7-9-16-10-8-11)5-3-6-14(15)22(20,21)17-19/h3,5-6,11,16H,2,4,7-10H2,1H3. The summed E-state index contributed by atoms with van der Waals surface area (Å²) in [5.41, 5.74) is 0.889. The lowest BCUT2D eigenvalue weighted by atomic mass is 9.85. The predicted octanol–water partition coefficient (Wildman–Crippen LogP) is 2.59. The van der Waals surface area contributed by atoms with Crippen LogP contribution in [0.2, 0.25) is 0 Å². The zero-order valence-electron chi connectivity index (χ0n) is 12.5. The van der Waals surface area contributed by atoms with E-state index in [1.165, 1.54) is 6.07 Å². The van der Waals surface area contributed by atoms with Crippen LogP contribution >= 0.6 is 0 Å². The molecule has 0 atom stereocenters. The minimum atomic E-state index is -4.32. The van der Waals surface area contributed by atoms with Gasteiger partial charge in [-0.05, 0) is 49.9 Å². The zero-order chi connectivity index (χ0) is 16.2. The number of sulfonamides is 1. The number of hydrogen-bond donors (Lipinski definition) is 1. The van der Waals surface area contributed by atoms with Crippen molar-refractivity contribution in [1.29, 1.82) is 0 Å². The monoisotopic (exact) mass is 324 g/mol. The van der Waals surface area contributed by atoms with Crippen LogP contribution in [0.15, 0.2) is 27.7 Å². The molecule has 6 nitrogen and oxygen atoms in total.